The number of benzene rings is 1. The van der Waals surface area contributed by atoms with Crippen LogP contribution in [0.15, 0.2) is 24.3 Å². The molecular weight excluding hydrogens is 260 g/mol. The van der Waals surface area contributed by atoms with Crippen LogP contribution in [0, 0.1) is 5.92 Å². The topological polar surface area (TPSA) is 49.5 Å². The first-order chi connectivity index (χ1) is 10.1. The number of phenolic OH excluding ortho intramolecular Hbond substituents is 1. The van der Waals surface area contributed by atoms with Gasteiger partial charge in [0.05, 0.1) is 0 Å². The lowest BCUT2D eigenvalue weighted by Gasteiger charge is -2.47. The number of phenols is 1. The van der Waals surface area contributed by atoms with E-state index in [4.69, 9.17) is 5.73 Å². The fourth-order valence-corrected chi connectivity index (χ4v) is 3.52. The van der Waals surface area contributed by atoms with Crippen LogP contribution in [0.5, 0.6) is 5.75 Å². The van der Waals surface area contributed by atoms with Crippen LogP contribution in [0.2, 0.25) is 0 Å². The standard InChI is InChI=1S/C18H30N2O/c1-3-12-20(13-16-4-6-17(21)7-5-16)18(14-19)10-8-15(2)9-11-18/h4-7,15,21H,3,8-14,19H2,1-2H3. The Labute approximate surface area is 129 Å². The predicted octanol–water partition coefficient (Wildman–Crippen LogP) is 3.51. The van der Waals surface area contributed by atoms with Crippen LogP contribution in [-0.2, 0) is 6.54 Å². The maximum Gasteiger partial charge on any atom is 0.115 e. The molecule has 0 unspecified atom stereocenters. The Morgan fingerprint density at radius 2 is 1.86 bits per heavy atom. The Morgan fingerprint density at radius 1 is 1.24 bits per heavy atom. The van der Waals surface area contributed by atoms with Crippen molar-refractivity contribution in [1.82, 2.24) is 4.90 Å². The molecule has 0 spiro atoms. The summed E-state index contributed by atoms with van der Waals surface area (Å²) in [5.74, 6) is 1.17. The summed E-state index contributed by atoms with van der Waals surface area (Å²) in [5, 5.41) is 9.44. The van der Waals surface area contributed by atoms with E-state index in [1.165, 1.54) is 31.2 Å². The van der Waals surface area contributed by atoms with Gasteiger partial charge in [0, 0.05) is 18.6 Å². The maximum atomic E-state index is 9.44. The summed E-state index contributed by atoms with van der Waals surface area (Å²) in [5.41, 5.74) is 7.64. The van der Waals surface area contributed by atoms with Crippen LogP contribution in [0.3, 0.4) is 0 Å². The van der Waals surface area contributed by atoms with Crippen molar-refractivity contribution in [2.75, 3.05) is 13.1 Å². The molecule has 3 heteroatoms. The minimum Gasteiger partial charge on any atom is -0.508 e. The summed E-state index contributed by atoms with van der Waals surface area (Å²) < 4.78 is 0. The van der Waals surface area contributed by atoms with E-state index in [-0.39, 0.29) is 5.54 Å². The largest absolute Gasteiger partial charge is 0.508 e. The minimum absolute atomic E-state index is 0.167. The normalized spacial score (nSPS) is 26.2. The van der Waals surface area contributed by atoms with E-state index in [0.717, 1.165) is 32.0 Å². The van der Waals surface area contributed by atoms with Crippen molar-refractivity contribution in [2.45, 2.75) is 58.0 Å². The second-order valence-electron chi connectivity index (χ2n) is 6.70. The molecule has 0 aliphatic heterocycles. The highest BCUT2D eigenvalue weighted by molar-refractivity contribution is 5.26. The van der Waals surface area contributed by atoms with Crippen molar-refractivity contribution in [3.8, 4) is 5.75 Å². The predicted molar refractivity (Wildman–Crippen MR) is 88.2 cm³/mol. The molecule has 0 aromatic heterocycles. The molecule has 118 valence electrons. The van der Waals surface area contributed by atoms with Crippen LogP contribution >= 0.6 is 0 Å². The second kappa shape index (κ2) is 7.28. The number of nitrogens with zero attached hydrogens (tertiary/aromatic N) is 1. The summed E-state index contributed by atoms with van der Waals surface area (Å²) in [4.78, 5) is 2.59. The van der Waals surface area contributed by atoms with E-state index in [2.05, 4.69) is 18.7 Å². The Balaban J connectivity index is 2.14. The van der Waals surface area contributed by atoms with Gasteiger partial charge in [-0.2, -0.15) is 0 Å². The van der Waals surface area contributed by atoms with E-state index in [1.54, 1.807) is 12.1 Å². The molecule has 1 fully saturated rings. The number of nitrogens with two attached hydrogens (primary N) is 1. The Kier molecular flexibility index (Phi) is 5.65. The molecule has 1 aliphatic rings. The highest BCUT2D eigenvalue weighted by Crippen LogP contribution is 2.36. The van der Waals surface area contributed by atoms with Crippen molar-refractivity contribution in [3.05, 3.63) is 29.8 Å². The molecule has 21 heavy (non-hydrogen) atoms. The molecule has 0 amide bonds. The van der Waals surface area contributed by atoms with Gasteiger partial charge >= 0.3 is 0 Å². The molecule has 2 rings (SSSR count). The molecule has 1 aromatic rings. The molecule has 0 atom stereocenters. The number of rotatable bonds is 6. The quantitative estimate of drug-likeness (QED) is 0.843. The van der Waals surface area contributed by atoms with E-state index >= 15 is 0 Å². The Morgan fingerprint density at radius 3 is 2.38 bits per heavy atom. The van der Waals surface area contributed by atoms with Gasteiger partial charge in [-0.05, 0) is 62.3 Å². The van der Waals surface area contributed by atoms with Crippen molar-refractivity contribution >= 4 is 0 Å². The van der Waals surface area contributed by atoms with Gasteiger partial charge in [-0.25, -0.2) is 0 Å². The number of aromatic hydroxyl groups is 1. The molecule has 0 saturated heterocycles. The maximum absolute atomic E-state index is 9.44. The molecular formula is C18H30N2O. The van der Waals surface area contributed by atoms with Crippen LogP contribution in [-0.4, -0.2) is 28.6 Å². The summed E-state index contributed by atoms with van der Waals surface area (Å²) in [7, 11) is 0. The zero-order chi connectivity index (χ0) is 15.3. The van der Waals surface area contributed by atoms with E-state index in [0.29, 0.717) is 5.75 Å². The third-order valence-electron chi connectivity index (χ3n) is 5.06. The van der Waals surface area contributed by atoms with Gasteiger partial charge in [0.15, 0.2) is 0 Å². The minimum atomic E-state index is 0.167. The molecule has 3 N–H and O–H groups in total. The third-order valence-corrected chi connectivity index (χ3v) is 5.06. The fourth-order valence-electron chi connectivity index (χ4n) is 3.52. The third kappa shape index (κ3) is 3.98. The van der Waals surface area contributed by atoms with Gasteiger partial charge in [0.2, 0.25) is 0 Å². The summed E-state index contributed by atoms with van der Waals surface area (Å²) >= 11 is 0. The molecule has 0 radical (unpaired) electrons. The summed E-state index contributed by atoms with van der Waals surface area (Å²) in [6.45, 7) is 7.36. The molecule has 3 nitrogen and oxygen atoms in total. The number of hydrogen-bond donors (Lipinski definition) is 2. The Bertz CT molecular complexity index is 421. The smallest absolute Gasteiger partial charge is 0.115 e. The summed E-state index contributed by atoms with van der Waals surface area (Å²) in [6.07, 6.45) is 6.14. The van der Waals surface area contributed by atoms with E-state index < -0.39 is 0 Å². The van der Waals surface area contributed by atoms with Crippen molar-refractivity contribution in [3.63, 3.8) is 0 Å². The van der Waals surface area contributed by atoms with Crippen LogP contribution < -0.4 is 5.73 Å². The number of hydrogen-bond acceptors (Lipinski definition) is 3. The highest BCUT2D eigenvalue weighted by atomic mass is 16.3. The first-order valence-corrected chi connectivity index (χ1v) is 8.32. The highest BCUT2D eigenvalue weighted by Gasteiger charge is 2.37. The van der Waals surface area contributed by atoms with Crippen LogP contribution in [0.25, 0.3) is 0 Å². The van der Waals surface area contributed by atoms with Gasteiger partial charge in [-0.15, -0.1) is 0 Å². The van der Waals surface area contributed by atoms with Crippen molar-refractivity contribution in [1.29, 1.82) is 0 Å². The fraction of sp³-hybridized carbons (Fsp3) is 0.667. The molecule has 0 bridgehead atoms. The van der Waals surface area contributed by atoms with Crippen LogP contribution in [0.1, 0.15) is 51.5 Å². The first kappa shape index (κ1) is 16.3. The van der Waals surface area contributed by atoms with Gasteiger partial charge in [-0.1, -0.05) is 26.0 Å². The monoisotopic (exact) mass is 290 g/mol. The lowest BCUT2D eigenvalue weighted by molar-refractivity contribution is 0.0377. The SMILES string of the molecule is CCCN(Cc1ccc(O)cc1)C1(CN)CCC(C)CC1. The van der Waals surface area contributed by atoms with E-state index in [1.807, 2.05) is 12.1 Å². The average Bonchev–Trinajstić information content (AvgIpc) is 2.50. The van der Waals surface area contributed by atoms with Crippen LogP contribution in [0.4, 0.5) is 0 Å². The van der Waals surface area contributed by atoms with Gasteiger partial charge < -0.3 is 10.8 Å². The van der Waals surface area contributed by atoms with Gasteiger partial charge in [0.1, 0.15) is 5.75 Å². The van der Waals surface area contributed by atoms with Gasteiger partial charge in [-0.3, -0.25) is 4.90 Å². The molecule has 1 aromatic carbocycles. The molecule has 1 saturated carbocycles. The zero-order valence-corrected chi connectivity index (χ0v) is 13.5. The van der Waals surface area contributed by atoms with Crippen molar-refractivity contribution in [2.24, 2.45) is 11.7 Å². The zero-order valence-electron chi connectivity index (χ0n) is 13.5. The first-order valence-electron chi connectivity index (χ1n) is 8.32. The summed E-state index contributed by atoms with van der Waals surface area (Å²) in [6, 6.07) is 7.59. The lowest BCUT2D eigenvalue weighted by atomic mass is 9.75. The average molecular weight is 290 g/mol. The lowest BCUT2D eigenvalue weighted by Crippen LogP contribution is -2.55. The van der Waals surface area contributed by atoms with Gasteiger partial charge in [0.25, 0.3) is 0 Å². The second-order valence-corrected chi connectivity index (χ2v) is 6.70. The van der Waals surface area contributed by atoms with Crippen molar-refractivity contribution < 1.29 is 5.11 Å². The molecule has 0 heterocycles. The molecule has 1 aliphatic carbocycles. The Hall–Kier alpha value is -1.06. The van der Waals surface area contributed by atoms with E-state index in [9.17, 15) is 5.11 Å².